The molecule has 0 aliphatic rings. The quantitative estimate of drug-likeness (QED) is 0.155. The fraction of sp³-hybridized carbons (Fsp3) is 0. The summed E-state index contributed by atoms with van der Waals surface area (Å²) in [5, 5.41) is 25.3. The molecule has 12 nitrogen and oxygen atoms in total. The van der Waals surface area contributed by atoms with E-state index in [1.54, 1.807) is 0 Å². The highest BCUT2D eigenvalue weighted by Crippen LogP contribution is 2.50. The van der Waals surface area contributed by atoms with Crippen molar-refractivity contribution in [2.75, 3.05) is 0 Å². The molecule has 0 bridgehead atoms. The smallest absolute Gasteiger partial charge is 0.178 e. The van der Waals surface area contributed by atoms with Crippen LogP contribution in [0.15, 0.2) is 417 Å². The molecule has 0 aliphatic carbocycles. The second-order valence-electron chi connectivity index (χ2n) is 35.1. The molecule has 132 heavy (non-hydrogen) atoms. The molecule has 0 aliphatic heterocycles. The van der Waals surface area contributed by atoms with Crippen molar-refractivity contribution in [2.24, 2.45) is 0 Å². The van der Waals surface area contributed by atoms with Crippen LogP contribution in [-0.4, -0.2) is 0 Å². The van der Waals surface area contributed by atoms with Gasteiger partial charge in [0.25, 0.3) is 0 Å². The summed E-state index contributed by atoms with van der Waals surface area (Å²) in [7, 11) is 0. The van der Waals surface area contributed by atoms with Crippen molar-refractivity contribution in [1.29, 1.82) is 0 Å². The third-order valence-corrected chi connectivity index (χ3v) is 27.7. The van der Waals surface area contributed by atoms with Gasteiger partial charge in [-0.25, -0.2) is 0 Å². The van der Waals surface area contributed by atoms with Crippen LogP contribution >= 0.6 is 0 Å². The molecule has 12 heteroatoms. The summed E-state index contributed by atoms with van der Waals surface area (Å²) < 4.78 is 77.0. The molecule has 32 aromatic rings. The minimum atomic E-state index is 0.756. The number of benzene rings is 20. The van der Waals surface area contributed by atoms with Crippen LogP contribution in [0.25, 0.3) is 330 Å². The first-order valence-corrected chi connectivity index (χ1v) is 44.2. The molecule has 0 unspecified atom stereocenters. The Bertz CT molecular complexity index is 9770. The van der Waals surface area contributed by atoms with E-state index in [-0.39, 0.29) is 0 Å². The Hall–Kier alpha value is -18.0. The molecule has 0 spiro atoms. The standard InChI is InChI=1S/2C60H30O6/c1-4-10-49-37(7-1)40-16-19-43-46-28-31(13-22-52(46)64-58(43)55(40)61-49)34-25-35(32-14-23-53-47(29-32)44-20-17-41-38-8-2-5-11-50(38)62-56(41)59(44)65-53)27-36(26-34)33-15-24-54-48(30-33)45-21-18-42-39-9-3-6-12-51(39)63-57(42)60(45)66-54;1-4-10-49-37(7-1)43-25-46-40-22-31(13-16-52(40)64-58(46)28-55(43)61-49)34-19-35(32-14-17-53-41(23-32)47-26-44-38-8-2-5-11-50(38)62-56(44)29-59(47)65-53)21-36(20-34)33-15-18-54-42(24-33)48-27-45-39-9-3-6-12-51(39)63-57(45)30-60(48)66-54/h2*1-30H. The van der Waals surface area contributed by atoms with Crippen LogP contribution in [0.4, 0.5) is 0 Å². The Labute approximate surface area is 742 Å². The van der Waals surface area contributed by atoms with Gasteiger partial charge in [0.1, 0.15) is 100 Å². The molecule has 12 heterocycles. The average molecular weight is 1690 g/mol. The minimum absolute atomic E-state index is 0.756. The van der Waals surface area contributed by atoms with E-state index < -0.39 is 0 Å². The summed E-state index contributed by atoms with van der Waals surface area (Å²) in [6, 6.07) is 127. The van der Waals surface area contributed by atoms with Gasteiger partial charge in [0.05, 0.1) is 0 Å². The first-order chi connectivity index (χ1) is 65.2. The van der Waals surface area contributed by atoms with E-state index in [1.807, 2.05) is 109 Å². The van der Waals surface area contributed by atoms with Gasteiger partial charge in [0.2, 0.25) is 0 Å². The Morgan fingerprint density at radius 3 is 0.455 bits per heavy atom. The summed E-state index contributed by atoms with van der Waals surface area (Å²) in [5.74, 6) is 0. The average Bonchev–Trinajstić information content (AvgIpc) is 1.58. The molecular formula is C120H60O12. The van der Waals surface area contributed by atoms with Gasteiger partial charge in [0.15, 0.2) is 33.5 Å². The largest absolute Gasteiger partial charge is 0.456 e. The zero-order valence-electron chi connectivity index (χ0n) is 69.5. The number of hydrogen-bond donors (Lipinski definition) is 0. The van der Waals surface area contributed by atoms with Crippen molar-refractivity contribution in [2.45, 2.75) is 0 Å². The summed E-state index contributed by atoms with van der Waals surface area (Å²) in [4.78, 5) is 0. The highest BCUT2D eigenvalue weighted by Gasteiger charge is 2.26. The predicted molar refractivity (Wildman–Crippen MR) is 533 cm³/mol. The van der Waals surface area contributed by atoms with E-state index in [0.717, 1.165) is 330 Å². The Kier molecular flexibility index (Phi) is 13.8. The zero-order chi connectivity index (χ0) is 85.6. The van der Waals surface area contributed by atoms with Gasteiger partial charge < -0.3 is 53.0 Å². The van der Waals surface area contributed by atoms with Gasteiger partial charge in [-0.3, -0.25) is 0 Å². The summed E-state index contributed by atoms with van der Waals surface area (Å²) >= 11 is 0. The number of furan rings is 12. The lowest BCUT2D eigenvalue weighted by atomic mass is 9.92. The molecule has 0 saturated heterocycles. The van der Waals surface area contributed by atoms with Gasteiger partial charge >= 0.3 is 0 Å². The number of hydrogen-bond acceptors (Lipinski definition) is 12. The van der Waals surface area contributed by atoms with Crippen molar-refractivity contribution in [3.05, 3.63) is 364 Å². The Morgan fingerprint density at radius 1 is 0.0833 bits per heavy atom. The lowest BCUT2D eigenvalue weighted by molar-refractivity contribution is 0.633. The molecule has 32 rings (SSSR count). The molecule has 0 N–H and O–H groups in total. The monoisotopic (exact) mass is 1690 g/mol. The van der Waals surface area contributed by atoms with Gasteiger partial charge in [-0.05, 0) is 267 Å². The van der Waals surface area contributed by atoms with Crippen LogP contribution in [-0.2, 0) is 0 Å². The first kappa shape index (κ1) is 70.2. The highest BCUT2D eigenvalue weighted by molar-refractivity contribution is 6.25. The van der Waals surface area contributed by atoms with Crippen LogP contribution in [0.5, 0.6) is 0 Å². The second-order valence-corrected chi connectivity index (χ2v) is 35.1. The van der Waals surface area contributed by atoms with E-state index in [4.69, 9.17) is 53.0 Å². The molecule has 0 atom stereocenters. The molecule has 0 radical (unpaired) electrons. The summed E-state index contributed by atoms with van der Waals surface area (Å²) in [6.07, 6.45) is 0. The van der Waals surface area contributed by atoms with Crippen molar-refractivity contribution >= 4 is 263 Å². The highest BCUT2D eigenvalue weighted by atomic mass is 16.4. The van der Waals surface area contributed by atoms with E-state index in [0.29, 0.717) is 0 Å². The van der Waals surface area contributed by atoms with E-state index >= 15 is 0 Å². The third kappa shape index (κ3) is 10.1. The van der Waals surface area contributed by atoms with Gasteiger partial charge in [-0.1, -0.05) is 146 Å². The lowest BCUT2D eigenvalue weighted by Crippen LogP contribution is -1.87. The second kappa shape index (κ2) is 25.9. The number of para-hydroxylation sites is 6. The van der Waals surface area contributed by atoms with Crippen molar-refractivity contribution < 1.29 is 53.0 Å². The van der Waals surface area contributed by atoms with Crippen LogP contribution in [0.1, 0.15) is 0 Å². The van der Waals surface area contributed by atoms with Crippen molar-refractivity contribution in [1.82, 2.24) is 0 Å². The normalized spacial score (nSPS) is 12.5. The predicted octanol–water partition coefficient (Wildman–Crippen LogP) is 36.2. The van der Waals surface area contributed by atoms with Crippen LogP contribution in [0.3, 0.4) is 0 Å². The van der Waals surface area contributed by atoms with Gasteiger partial charge in [-0.15, -0.1) is 0 Å². The fourth-order valence-electron chi connectivity index (χ4n) is 21.4. The molecule has 612 valence electrons. The van der Waals surface area contributed by atoms with E-state index in [1.165, 1.54) is 0 Å². The van der Waals surface area contributed by atoms with Gasteiger partial charge in [0, 0.05) is 147 Å². The summed E-state index contributed by atoms with van der Waals surface area (Å²) in [6.45, 7) is 0. The van der Waals surface area contributed by atoms with E-state index in [2.05, 4.69) is 255 Å². The Morgan fingerprint density at radius 2 is 0.235 bits per heavy atom. The third-order valence-electron chi connectivity index (χ3n) is 27.7. The topological polar surface area (TPSA) is 158 Å². The van der Waals surface area contributed by atoms with Gasteiger partial charge in [-0.2, -0.15) is 0 Å². The number of fused-ring (bicyclic) bond motifs is 39. The maximum Gasteiger partial charge on any atom is 0.178 e. The maximum atomic E-state index is 6.57. The molecule has 0 fully saturated rings. The van der Waals surface area contributed by atoms with Crippen molar-refractivity contribution in [3.8, 4) is 66.8 Å². The Balaban J connectivity index is 0.000000124. The fourth-order valence-corrected chi connectivity index (χ4v) is 21.4. The van der Waals surface area contributed by atoms with Crippen LogP contribution in [0, 0.1) is 0 Å². The van der Waals surface area contributed by atoms with Crippen LogP contribution in [0.2, 0.25) is 0 Å². The van der Waals surface area contributed by atoms with Crippen LogP contribution < -0.4 is 0 Å². The maximum absolute atomic E-state index is 6.57. The zero-order valence-corrected chi connectivity index (χ0v) is 69.5. The molecule has 0 saturated carbocycles. The summed E-state index contributed by atoms with van der Waals surface area (Å²) in [5.41, 5.74) is 32.4. The van der Waals surface area contributed by atoms with Crippen molar-refractivity contribution in [3.63, 3.8) is 0 Å². The number of rotatable bonds is 6. The molecule has 20 aromatic carbocycles. The molecule has 12 aromatic heterocycles. The first-order valence-electron chi connectivity index (χ1n) is 44.2. The molecular weight excluding hydrogens is 1630 g/mol. The minimum Gasteiger partial charge on any atom is -0.456 e. The lowest BCUT2D eigenvalue weighted by Gasteiger charge is -2.12. The van der Waals surface area contributed by atoms with E-state index in [9.17, 15) is 0 Å². The SMILES string of the molecule is c1ccc2c(c1)oc1c2ccc2c3cc(-c4cc(-c5ccc6oc7c(ccc8c9ccccc9oc87)c6c5)cc(-c5ccc6oc7c(ccc8c9ccccc9oc87)c6c5)c4)ccc3oc21.c1ccc2c(c1)oc1cc3oc4ccc(-c5cc(-c6ccc7oc8cc9oc%10ccccc%10c9cc8c7c6)cc(-c6ccc7oc8cc9oc%10ccccc%10c9cc8c7c6)c5)cc4c3cc12. The molecule has 0 amide bonds.